The van der Waals surface area contributed by atoms with Gasteiger partial charge in [-0.25, -0.2) is 4.79 Å². The average Bonchev–Trinajstić information content (AvgIpc) is 2.69. The number of carbonyl (C=O) groups is 4. The fraction of sp³-hybridized carbons (Fsp3) is 0.500. The number of amides is 3. The zero-order chi connectivity index (χ0) is 22.8. The van der Waals surface area contributed by atoms with Gasteiger partial charge in [-0.15, -0.1) is 0 Å². The zero-order valence-corrected chi connectivity index (χ0v) is 17.3. The van der Waals surface area contributed by atoms with Crippen LogP contribution in [-0.2, 0) is 25.6 Å². The van der Waals surface area contributed by atoms with Gasteiger partial charge < -0.3 is 31.9 Å². The van der Waals surface area contributed by atoms with Crippen molar-refractivity contribution < 1.29 is 29.4 Å². The van der Waals surface area contributed by atoms with Crippen LogP contribution in [0.2, 0.25) is 0 Å². The number of benzene rings is 1. The number of nitrogens with two attached hydrogens (primary N) is 1. The smallest absolute Gasteiger partial charge is 0.328 e. The summed E-state index contributed by atoms with van der Waals surface area (Å²) in [6.45, 7) is 3.99. The summed E-state index contributed by atoms with van der Waals surface area (Å²) in [6, 6.07) is 4.83. The fourth-order valence-corrected chi connectivity index (χ4v) is 2.61. The number of aliphatic hydroxyl groups excluding tert-OH is 1. The molecule has 10 heteroatoms. The van der Waals surface area contributed by atoms with Crippen molar-refractivity contribution >= 4 is 23.7 Å². The molecule has 0 aliphatic heterocycles. The largest absolute Gasteiger partial charge is 0.480 e. The standard InChI is InChI=1S/C20H30N4O6/c1-11(2)16(19(28)23-15(10-25)20(29)30)24-17(26)12(3)22-18(27)14(21)9-13-7-5-4-6-8-13/h4-8,11-12,14-16,25H,9-10,21H2,1-3H3,(H,22,27)(H,23,28)(H,24,26)(H,29,30). The fourth-order valence-electron chi connectivity index (χ4n) is 2.61. The van der Waals surface area contributed by atoms with Gasteiger partial charge in [-0.1, -0.05) is 44.2 Å². The summed E-state index contributed by atoms with van der Waals surface area (Å²) >= 11 is 0. The molecule has 0 spiro atoms. The lowest BCUT2D eigenvalue weighted by atomic mass is 10.0. The molecule has 0 fully saturated rings. The molecule has 0 radical (unpaired) electrons. The summed E-state index contributed by atoms with van der Waals surface area (Å²) in [5.41, 5.74) is 6.79. The number of carboxylic acid groups (broad SMARTS) is 1. The third-order valence-electron chi connectivity index (χ3n) is 4.43. The highest BCUT2D eigenvalue weighted by molar-refractivity contribution is 5.94. The van der Waals surface area contributed by atoms with Gasteiger partial charge in [0.1, 0.15) is 18.1 Å². The Kier molecular flexibility index (Phi) is 9.93. The molecule has 0 saturated carbocycles. The van der Waals surface area contributed by atoms with Gasteiger partial charge in [0.25, 0.3) is 0 Å². The predicted octanol–water partition coefficient (Wildman–Crippen LogP) is -1.24. The molecule has 1 rings (SSSR count). The van der Waals surface area contributed by atoms with E-state index in [1.165, 1.54) is 6.92 Å². The van der Waals surface area contributed by atoms with E-state index in [0.29, 0.717) is 6.42 Å². The SMILES string of the molecule is CC(NC(=O)C(N)Cc1ccccc1)C(=O)NC(C(=O)NC(CO)C(=O)O)C(C)C. The third-order valence-corrected chi connectivity index (χ3v) is 4.43. The second-order valence-corrected chi connectivity index (χ2v) is 7.34. The van der Waals surface area contributed by atoms with Crippen LogP contribution in [0.1, 0.15) is 26.3 Å². The average molecular weight is 422 g/mol. The van der Waals surface area contributed by atoms with E-state index in [0.717, 1.165) is 5.56 Å². The van der Waals surface area contributed by atoms with Crippen LogP contribution in [0.25, 0.3) is 0 Å². The highest BCUT2D eigenvalue weighted by Crippen LogP contribution is 2.05. The molecule has 0 bridgehead atoms. The number of aliphatic hydroxyl groups is 1. The second kappa shape index (κ2) is 11.9. The first-order valence-electron chi connectivity index (χ1n) is 9.61. The Morgan fingerprint density at radius 3 is 2.03 bits per heavy atom. The first-order valence-corrected chi connectivity index (χ1v) is 9.61. The van der Waals surface area contributed by atoms with E-state index < -0.39 is 54.5 Å². The number of nitrogens with one attached hydrogen (secondary N) is 3. The molecule has 7 N–H and O–H groups in total. The van der Waals surface area contributed by atoms with E-state index >= 15 is 0 Å². The molecular weight excluding hydrogens is 392 g/mol. The van der Waals surface area contributed by atoms with Crippen molar-refractivity contribution in [1.82, 2.24) is 16.0 Å². The number of hydrogen-bond donors (Lipinski definition) is 6. The maximum Gasteiger partial charge on any atom is 0.328 e. The highest BCUT2D eigenvalue weighted by atomic mass is 16.4. The van der Waals surface area contributed by atoms with Gasteiger partial charge in [-0.2, -0.15) is 0 Å². The highest BCUT2D eigenvalue weighted by Gasteiger charge is 2.30. The minimum Gasteiger partial charge on any atom is -0.480 e. The van der Waals surface area contributed by atoms with Gasteiger partial charge >= 0.3 is 5.97 Å². The lowest BCUT2D eigenvalue weighted by molar-refractivity contribution is -0.143. The van der Waals surface area contributed by atoms with Crippen LogP contribution in [0.15, 0.2) is 30.3 Å². The van der Waals surface area contributed by atoms with Crippen molar-refractivity contribution in [3.05, 3.63) is 35.9 Å². The van der Waals surface area contributed by atoms with Gasteiger partial charge in [0, 0.05) is 0 Å². The molecule has 30 heavy (non-hydrogen) atoms. The van der Waals surface area contributed by atoms with Crippen LogP contribution in [-0.4, -0.2) is 64.7 Å². The van der Waals surface area contributed by atoms with Crippen molar-refractivity contribution in [3.63, 3.8) is 0 Å². The number of hydrogen-bond acceptors (Lipinski definition) is 6. The lowest BCUT2D eigenvalue weighted by Gasteiger charge is -2.25. The third kappa shape index (κ3) is 7.80. The normalized spacial score (nSPS) is 14.9. The summed E-state index contributed by atoms with van der Waals surface area (Å²) in [4.78, 5) is 48.1. The molecule has 0 saturated heterocycles. The van der Waals surface area contributed by atoms with E-state index in [1.54, 1.807) is 13.8 Å². The Balaban J connectivity index is 2.67. The van der Waals surface area contributed by atoms with E-state index in [2.05, 4.69) is 16.0 Å². The lowest BCUT2D eigenvalue weighted by Crippen LogP contribution is -2.58. The molecule has 1 aromatic rings. The van der Waals surface area contributed by atoms with Crippen molar-refractivity contribution in [2.75, 3.05) is 6.61 Å². The van der Waals surface area contributed by atoms with Crippen LogP contribution >= 0.6 is 0 Å². The van der Waals surface area contributed by atoms with E-state index in [4.69, 9.17) is 15.9 Å². The molecule has 3 amide bonds. The summed E-state index contributed by atoms with van der Waals surface area (Å²) < 4.78 is 0. The molecule has 0 aliphatic carbocycles. The molecule has 0 heterocycles. The summed E-state index contributed by atoms with van der Waals surface area (Å²) in [6.07, 6.45) is 0.301. The number of rotatable bonds is 11. The van der Waals surface area contributed by atoms with E-state index in [-0.39, 0.29) is 5.92 Å². The van der Waals surface area contributed by atoms with Crippen LogP contribution in [0.5, 0.6) is 0 Å². The van der Waals surface area contributed by atoms with E-state index in [1.807, 2.05) is 30.3 Å². The van der Waals surface area contributed by atoms with Gasteiger partial charge in [0.2, 0.25) is 17.7 Å². The van der Waals surface area contributed by atoms with Crippen molar-refractivity contribution in [3.8, 4) is 0 Å². The molecule has 166 valence electrons. The minimum absolute atomic E-state index is 0.301. The molecule has 0 aromatic heterocycles. The Labute approximate surface area is 175 Å². The van der Waals surface area contributed by atoms with Gasteiger partial charge in [-0.3, -0.25) is 14.4 Å². The minimum atomic E-state index is -1.48. The Morgan fingerprint density at radius 2 is 1.53 bits per heavy atom. The van der Waals surface area contributed by atoms with Crippen LogP contribution in [0.4, 0.5) is 0 Å². The summed E-state index contributed by atoms with van der Waals surface area (Å²) in [5, 5.41) is 25.2. The van der Waals surface area contributed by atoms with Crippen molar-refractivity contribution in [2.24, 2.45) is 11.7 Å². The van der Waals surface area contributed by atoms with Gasteiger partial charge in [0.05, 0.1) is 12.6 Å². The quantitative estimate of drug-likeness (QED) is 0.259. The topological polar surface area (TPSA) is 171 Å². The number of aliphatic carboxylic acids is 1. The summed E-state index contributed by atoms with van der Waals surface area (Å²) in [5.74, 6) is -3.66. The van der Waals surface area contributed by atoms with Gasteiger partial charge in [0.15, 0.2) is 0 Å². The molecular formula is C20H30N4O6. The second-order valence-electron chi connectivity index (χ2n) is 7.34. The van der Waals surface area contributed by atoms with Crippen LogP contribution in [0.3, 0.4) is 0 Å². The first kappa shape index (κ1) is 25.1. The summed E-state index contributed by atoms with van der Waals surface area (Å²) in [7, 11) is 0. The molecule has 4 atom stereocenters. The number of carboxylic acids is 1. The Hall–Kier alpha value is -2.98. The van der Waals surface area contributed by atoms with E-state index in [9.17, 15) is 19.2 Å². The molecule has 0 aliphatic rings. The molecule has 4 unspecified atom stereocenters. The number of carbonyl (C=O) groups excluding carboxylic acids is 3. The Bertz CT molecular complexity index is 740. The maximum atomic E-state index is 12.5. The van der Waals surface area contributed by atoms with Gasteiger partial charge in [-0.05, 0) is 24.8 Å². The van der Waals surface area contributed by atoms with Crippen LogP contribution in [0, 0.1) is 5.92 Å². The Morgan fingerprint density at radius 1 is 0.933 bits per heavy atom. The maximum absolute atomic E-state index is 12.5. The van der Waals surface area contributed by atoms with Crippen LogP contribution < -0.4 is 21.7 Å². The first-order chi connectivity index (χ1) is 14.1. The molecule has 1 aromatic carbocycles. The predicted molar refractivity (Wildman–Crippen MR) is 109 cm³/mol. The zero-order valence-electron chi connectivity index (χ0n) is 17.3. The monoisotopic (exact) mass is 422 g/mol. The van der Waals surface area contributed by atoms with Crippen molar-refractivity contribution in [1.29, 1.82) is 0 Å². The molecule has 10 nitrogen and oxygen atoms in total. The van der Waals surface area contributed by atoms with Crippen molar-refractivity contribution in [2.45, 2.75) is 51.4 Å².